The van der Waals surface area contributed by atoms with Crippen molar-refractivity contribution in [3.8, 4) is 0 Å². The van der Waals surface area contributed by atoms with E-state index in [4.69, 9.17) is 0 Å². The van der Waals surface area contributed by atoms with Crippen LogP contribution in [-0.4, -0.2) is 60.4 Å². The first-order valence-electron chi connectivity index (χ1n) is 9.89. The fourth-order valence-corrected chi connectivity index (χ4v) is 4.54. The summed E-state index contributed by atoms with van der Waals surface area (Å²) < 4.78 is 14.9. The summed E-state index contributed by atoms with van der Waals surface area (Å²) in [5, 5.41) is 0. The van der Waals surface area contributed by atoms with Crippen LogP contribution in [0.15, 0.2) is 53.0 Å². The number of amides is 2. The van der Waals surface area contributed by atoms with Gasteiger partial charge < -0.3 is 14.7 Å². The molecule has 2 heterocycles. The molecule has 0 saturated carbocycles. The highest BCUT2D eigenvalue weighted by Crippen LogP contribution is 2.25. The molecular formula is C22H23BrFN3O2. The Morgan fingerprint density at radius 2 is 1.72 bits per heavy atom. The third-order valence-corrected chi connectivity index (χ3v) is 6.15. The molecule has 29 heavy (non-hydrogen) atoms. The lowest BCUT2D eigenvalue weighted by Crippen LogP contribution is -2.54. The van der Waals surface area contributed by atoms with E-state index in [2.05, 4.69) is 15.9 Å². The van der Waals surface area contributed by atoms with Gasteiger partial charge in [-0.3, -0.25) is 9.59 Å². The van der Waals surface area contributed by atoms with E-state index in [1.807, 2.05) is 28.0 Å². The van der Waals surface area contributed by atoms with E-state index >= 15 is 0 Å². The quantitative estimate of drug-likeness (QED) is 0.704. The van der Waals surface area contributed by atoms with Crippen molar-refractivity contribution >= 4 is 33.4 Å². The van der Waals surface area contributed by atoms with Crippen LogP contribution in [0.5, 0.6) is 0 Å². The molecule has 0 N–H and O–H groups in total. The minimum atomic E-state index is -0.415. The summed E-state index contributed by atoms with van der Waals surface area (Å²) >= 11 is 3.40. The fraction of sp³-hybridized carbons (Fsp3) is 0.364. The van der Waals surface area contributed by atoms with Crippen LogP contribution in [0.2, 0.25) is 0 Å². The molecule has 5 nitrogen and oxygen atoms in total. The maximum Gasteiger partial charge on any atom is 0.254 e. The van der Waals surface area contributed by atoms with Gasteiger partial charge in [-0.25, -0.2) is 4.39 Å². The molecular weight excluding hydrogens is 437 g/mol. The van der Waals surface area contributed by atoms with Crippen LogP contribution in [0.25, 0.3) is 0 Å². The van der Waals surface area contributed by atoms with Crippen molar-refractivity contribution in [2.45, 2.75) is 18.9 Å². The number of anilines is 1. The number of carbonyl (C=O) groups excluding carboxylic acids is 2. The predicted octanol–water partition coefficient (Wildman–Crippen LogP) is 3.54. The van der Waals surface area contributed by atoms with Crippen molar-refractivity contribution in [3.63, 3.8) is 0 Å². The molecule has 0 aliphatic carbocycles. The van der Waals surface area contributed by atoms with Crippen LogP contribution < -0.4 is 4.90 Å². The van der Waals surface area contributed by atoms with E-state index in [9.17, 15) is 14.0 Å². The number of benzene rings is 2. The number of likely N-dealkylation sites (tertiary alicyclic amines) is 1. The average Bonchev–Trinajstić information content (AvgIpc) is 3.23. The predicted molar refractivity (Wildman–Crippen MR) is 113 cm³/mol. The van der Waals surface area contributed by atoms with E-state index in [0.717, 1.165) is 10.9 Å². The second kappa shape index (κ2) is 8.53. The largest absolute Gasteiger partial charge is 0.366 e. The molecule has 2 saturated heterocycles. The van der Waals surface area contributed by atoms with Crippen LogP contribution in [0.3, 0.4) is 0 Å². The molecule has 2 aromatic rings. The third kappa shape index (κ3) is 4.15. The molecule has 0 aromatic heterocycles. The number of para-hydroxylation sites is 1. The lowest BCUT2D eigenvalue weighted by Gasteiger charge is -2.38. The number of hydrogen-bond donors (Lipinski definition) is 0. The standard InChI is InChI=1S/C22H23BrFN3O2/c23-17-6-3-5-16(15-17)21(28)27-10-4-9-20(27)22(29)26-13-11-25(12-14-26)19-8-2-1-7-18(19)24/h1-3,5-8,15,20H,4,9-14H2. The number of rotatable bonds is 3. The zero-order chi connectivity index (χ0) is 20.4. The van der Waals surface area contributed by atoms with Crippen molar-refractivity contribution in [2.24, 2.45) is 0 Å². The smallest absolute Gasteiger partial charge is 0.254 e. The zero-order valence-corrected chi connectivity index (χ0v) is 17.6. The first-order valence-corrected chi connectivity index (χ1v) is 10.7. The summed E-state index contributed by atoms with van der Waals surface area (Å²) in [5.74, 6) is -0.347. The van der Waals surface area contributed by atoms with Gasteiger partial charge in [0.2, 0.25) is 5.91 Å². The Bertz CT molecular complexity index is 914. The first kappa shape index (κ1) is 19.9. The van der Waals surface area contributed by atoms with Gasteiger partial charge in [-0.1, -0.05) is 34.1 Å². The summed E-state index contributed by atoms with van der Waals surface area (Å²) in [6.07, 6.45) is 1.51. The third-order valence-electron chi connectivity index (χ3n) is 5.65. The van der Waals surface area contributed by atoms with Crippen molar-refractivity contribution in [1.82, 2.24) is 9.80 Å². The van der Waals surface area contributed by atoms with Crippen LogP contribution >= 0.6 is 15.9 Å². The minimum absolute atomic E-state index is 0.000898. The molecule has 7 heteroatoms. The summed E-state index contributed by atoms with van der Waals surface area (Å²) in [6, 6.07) is 13.6. The monoisotopic (exact) mass is 459 g/mol. The van der Waals surface area contributed by atoms with Gasteiger partial charge in [0.05, 0.1) is 5.69 Å². The molecule has 1 unspecified atom stereocenters. The molecule has 0 bridgehead atoms. The molecule has 4 rings (SSSR count). The molecule has 2 fully saturated rings. The van der Waals surface area contributed by atoms with Crippen LogP contribution in [0, 0.1) is 5.82 Å². The summed E-state index contributed by atoms with van der Waals surface area (Å²) in [7, 11) is 0. The van der Waals surface area contributed by atoms with E-state index in [1.54, 1.807) is 29.2 Å². The summed E-state index contributed by atoms with van der Waals surface area (Å²) in [6.45, 7) is 2.82. The highest BCUT2D eigenvalue weighted by atomic mass is 79.9. The highest BCUT2D eigenvalue weighted by Gasteiger charge is 2.37. The molecule has 1 atom stereocenters. The number of halogens is 2. The van der Waals surface area contributed by atoms with E-state index in [1.165, 1.54) is 6.07 Å². The van der Waals surface area contributed by atoms with E-state index in [-0.39, 0.29) is 17.6 Å². The molecule has 2 aliphatic heterocycles. The Kier molecular flexibility index (Phi) is 5.85. The van der Waals surface area contributed by atoms with Crippen molar-refractivity contribution in [1.29, 1.82) is 0 Å². The van der Waals surface area contributed by atoms with Crippen LogP contribution in [0.4, 0.5) is 10.1 Å². The Morgan fingerprint density at radius 1 is 0.966 bits per heavy atom. The average molecular weight is 460 g/mol. The van der Waals surface area contributed by atoms with Crippen molar-refractivity contribution < 1.29 is 14.0 Å². The fourth-order valence-electron chi connectivity index (χ4n) is 4.14. The van der Waals surface area contributed by atoms with Gasteiger partial charge in [0.15, 0.2) is 0 Å². The Hall–Kier alpha value is -2.41. The minimum Gasteiger partial charge on any atom is -0.366 e. The second-order valence-electron chi connectivity index (χ2n) is 7.43. The summed E-state index contributed by atoms with van der Waals surface area (Å²) in [5.41, 5.74) is 1.16. The normalized spacial score (nSPS) is 19.5. The molecule has 152 valence electrons. The lowest BCUT2D eigenvalue weighted by molar-refractivity contribution is -0.135. The molecule has 2 aromatic carbocycles. The van der Waals surface area contributed by atoms with Crippen LogP contribution in [-0.2, 0) is 4.79 Å². The zero-order valence-electron chi connectivity index (χ0n) is 16.1. The van der Waals surface area contributed by atoms with Gasteiger partial charge in [-0.2, -0.15) is 0 Å². The van der Waals surface area contributed by atoms with Gasteiger partial charge in [-0.05, 0) is 43.2 Å². The first-order chi connectivity index (χ1) is 14.0. The number of piperazine rings is 1. The SMILES string of the molecule is O=C(C1CCCN1C(=O)c1cccc(Br)c1)N1CCN(c2ccccc2F)CC1. The molecule has 0 spiro atoms. The van der Waals surface area contributed by atoms with Gasteiger partial charge >= 0.3 is 0 Å². The van der Waals surface area contributed by atoms with Crippen molar-refractivity contribution in [2.75, 3.05) is 37.6 Å². The van der Waals surface area contributed by atoms with E-state index in [0.29, 0.717) is 50.4 Å². The molecule has 0 radical (unpaired) electrons. The lowest BCUT2D eigenvalue weighted by atomic mass is 10.1. The summed E-state index contributed by atoms with van der Waals surface area (Å²) in [4.78, 5) is 31.6. The second-order valence-corrected chi connectivity index (χ2v) is 8.35. The number of hydrogen-bond acceptors (Lipinski definition) is 3. The topological polar surface area (TPSA) is 43.9 Å². The van der Waals surface area contributed by atoms with Gasteiger partial charge in [0.25, 0.3) is 5.91 Å². The van der Waals surface area contributed by atoms with Gasteiger partial charge in [0, 0.05) is 42.8 Å². The van der Waals surface area contributed by atoms with Gasteiger partial charge in [-0.15, -0.1) is 0 Å². The maximum atomic E-state index is 14.0. The molecule has 2 aliphatic rings. The number of nitrogens with zero attached hydrogens (tertiary/aromatic N) is 3. The highest BCUT2D eigenvalue weighted by molar-refractivity contribution is 9.10. The van der Waals surface area contributed by atoms with E-state index < -0.39 is 6.04 Å². The Labute approximate surface area is 178 Å². The molecule has 2 amide bonds. The van der Waals surface area contributed by atoms with Crippen molar-refractivity contribution in [3.05, 3.63) is 64.4 Å². The van der Waals surface area contributed by atoms with Crippen LogP contribution in [0.1, 0.15) is 23.2 Å². The Balaban J connectivity index is 1.41. The Morgan fingerprint density at radius 3 is 2.45 bits per heavy atom. The maximum absolute atomic E-state index is 14.0. The van der Waals surface area contributed by atoms with Gasteiger partial charge in [0.1, 0.15) is 11.9 Å². The number of carbonyl (C=O) groups is 2.